The van der Waals surface area contributed by atoms with Crippen LogP contribution in [0.5, 0.6) is 0 Å². The van der Waals surface area contributed by atoms with E-state index in [-0.39, 0.29) is 18.0 Å². The summed E-state index contributed by atoms with van der Waals surface area (Å²) in [5, 5.41) is 0. The van der Waals surface area contributed by atoms with Crippen LogP contribution in [-0.4, -0.2) is 35.9 Å². The highest BCUT2D eigenvalue weighted by molar-refractivity contribution is 6.62. The first-order chi connectivity index (χ1) is 16.0. The van der Waals surface area contributed by atoms with E-state index in [1.165, 1.54) is 12.1 Å². The number of ether oxygens (including phenoxy) is 1. The highest BCUT2D eigenvalue weighted by Gasteiger charge is 2.51. The van der Waals surface area contributed by atoms with Crippen LogP contribution in [0.25, 0.3) is 0 Å². The molecule has 1 unspecified atom stereocenters. The summed E-state index contributed by atoms with van der Waals surface area (Å²) in [6.45, 7) is 14.5. The normalized spacial score (nSPS) is 24.6. The molecule has 180 valence electrons. The van der Waals surface area contributed by atoms with Crippen LogP contribution >= 0.6 is 0 Å². The Hall–Kier alpha value is -2.64. The highest BCUT2D eigenvalue weighted by atomic mass is 19.1. The van der Waals surface area contributed by atoms with Crippen LogP contribution in [0.1, 0.15) is 64.6 Å². The van der Waals surface area contributed by atoms with E-state index in [9.17, 15) is 9.18 Å². The fraction of sp³-hybridized carbons (Fsp3) is 0.444. The van der Waals surface area contributed by atoms with Gasteiger partial charge in [-0.2, -0.15) is 0 Å². The van der Waals surface area contributed by atoms with Crippen LogP contribution in [0.15, 0.2) is 61.2 Å². The molecule has 5 nitrogen and oxygen atoms in total. The molecule has 0 aliphatic carbocycles. The van der Waals surface area contributed by atoms with E-state index in [1.54, 1.807) is 23.1 Å². The van der Waals surface area contributed by atoms with Gasteiger partial charge in [-0.15, -0.1) is 6.58 Å². The highest BCUT2D eigenvalue weighted by Crippen LogP contribution is 2.40. The SMILES string of the molecule is C=CCC1(c2ccc(F)cc2)CCN([C@@H](C)c2ccc(B3OC(C)(C)C(C)(C)O3)cc2)C(=O)O1. The van der Waals surface area contributed by atoms with E-state index in [2.05, 4.69) is 6.58 Å². The van der Waals surface area contributed by atoms with Crippen molar-refractivity contribution in [3.63, 3.8) is 0 Å². The lowest BCUT2D eigenvalue weighted by Gasteiger charge is -2.43. The molecule has 2 atom stereocenters. The average molecular weight is 465 g/mol. The summed E-state index contributed by atoms with van der Waals surface area (Å²) in [6.07, 6.45) is 2.41. The number of hydrogen-bond acceptors (Lipinski definition) is 4. The molecule has 0 spiro atoms. The molecule has 0 bridgehead atoms. The van der Waals surface area contributed by atoms with Crippen molar-refractivity contribution in [3.05, 3.63) is 78.1 Å². The first-order valence-corrected chi connectivity index (χ1v) is 11.8. The number of hydrogen-bond donors (Lipinski definition) is 0. The number of benzene rings is 2. The minimum atomic E-state index is -0.830. The molecule has 7 heteroatoms. The standard InChI is InChI=1S/C27H33BFNO4/c1-7-16-27(21-10-14-23(29)15-11-21)17-18-30(24(31)32-27)19(2)20-8-12-22(13-9-20)28-33-25(3,4)26(5,6)34-28/h7-15,19H,1,16-18H2,2-6H3/t19-,27?/m0/s1. The molecule has 0 radical (unpaired) electrons. The van der Waals surface area contributed by atoms with Gasteiger partial charge in [0.2, 0.25) is 0 Å². The Balaban J connectivity index is 1.48. The zero-order chi connectivity index (χ0) is 24.7. The summed E-state index contributed by atoms with van der Waals surface area (Å²) in [4.78, 5) is 14.8. The number of carbonyl (C=O) groups excluding carboxylic acids is 1. The molecule has 4 rings (SSSR count). The van der Waals surface area contributed by atoms with Gasteiger partial charge >= 0.3 is 13.2 Å². The van der Waals surface area contributed by atoms with Crippen LogP contribution in [0.2, 0.25) is 0 Å². The van der Waals surface area contributed by atoms with Crippen LogP contribution < -0.4 is 5.46 Å². The van der Waals surface area contributed by atoms with E-state index in [0.717, 1.165) is 16.6 Å². The first-order valence-electron chi connectivity index (χ1n) is 11.8. The zero-order valence-corrected chi connectivity index (χ0v) is 20.6. The molecule has 2 aliphatic heterocycles. The number of nitrogens with zero attached hydrogens (tertiary/aromatic N) is 1. The Morgan fingerprint density at radius 1 is 1.06 bits per heavy atom. The second-order valence-corrected chi connectivity index (χ2v) is 10.2. The van der Waals surface area contributed by atoms with Crippen LogP contribution in [-0.2, 0) is 19.6 Å². The lowest BCUT2D eigenvalue weighted by atomic mass is 9.78. The Morgan fingerprint density at radius 3 is 2.18 bits per heavy atom. The Bertz CT molecular complexity index is 1040. The lowest BCUT2D eigenvalue weighted by molar-refractivity contribution is -0.0588. The number of rotatable bonds is 6. The van der Waals surface area contributed by atoms with Crippen LogP contribution in [0.4, 0.5) is 9.18 Å². The van der Waals surface area contributed by atoms with E-state index in [0.29, 0.717) is 19.4 Å². The third-order valence-electron chi connectivity index (χ3n) is 7.53. The fourth-order valence-corrected chi connectivity index (χ4v) is 4.56. The van der Waals surface area contributed by atoms with Crippen molar-refractivity contribution in [1.29, 1.82) is 0 Å². The Morgan fingerprint density at radius 2 is 1.65 bits per heavy atom. The first kappa shape index (κ1) is 24.5. The van der Waals surface area contributed by atoms with Gasteiger partial charge in [-0.1, -0.05) is 42.5 Å². The second kappa shape index (κ2) is 8.86. The van der Waals surface area contributed by atoms with E-state index in [1.807, 2.05) is 58.9 Å². The third kappa shape index (κ3) is 4.39. The molecule has 2 aromatic carbocycles. The van der Waals surface area contributed by atoms with Crippen LogP contribution in [0.3, 0.4) is 0 Å². The number of carbonyl (C=O) groups is 1. The topological polar surface area (TPSA) is 48.0 Å². The maximum Gasteiger partial charge on any atom is 0.494 e. The molecule has 34 heavy (non-hydrogen) atoms. The van der Waals surface area contributed by atoms with Crippen molar-refractivity contribution in [1.82, 2.24) is 4.90 Å². The van der Waals surface area contributed by atoms with Gasteiger partial charge in [0.25, 0.3) is 0 Å². The molecular weight excluding hydrogens is 432 g/mol. The van der Waals surface area contributed by atoms with Crippen molar-refractivity contribution in [2.75, 3.05) is 6.54 Å². The lowest BCUT2D eigenvalue weighted by Crippen LogP contribution is -2.48. The van der Waals surface area contributed by atoms with E-state index in [4.69, 9.17) is 14.0 Å². The summed E-state index contributed by atoms with van der Waals surface area (Å²) in [5.74, 6) is -0.320. The van der Waals surface area contributed by atoms with Gasteiger partial charge in [-0.05, 0) is 63.3 Å². The quantitative estimate of drug-likeness (QED) is 0.418. The van der Waals surface area contributed by atoms with Gasteiger partial charge < -0.3 is 18.9 Å². The molecule has 2 aliphatic rings. The number of amides is 1. The summed E-state index contributed by atoms with van der Waals surface area (Å²) in [7, 11) is -0.426. The maximum absolute atomic E-state index is 13.4. The summed E-state index contributed by atoms with van der Waals surface area (Å²) in [5.41, 5.74) is 1.09. The monoisotopic (exact) mass is 465 g/mol. The molecular formula is C27H33BFNO4. The predicted octanol–water partition coefficient (Wildman–Crippen LogP) is 5.50. The molecule has 1 amide bonds. The molecule has 2 aromatic rings. The Labute approximate surface area is 202 Å². The molecule has 2 heterocycles. The zero-order valence-electron chi connectivity index (χ0n) is 20.6. The van der Waals surface area contributed by atoms with Crippen molar-refractivity contribution in [2.24, 2.45) is 0 Å². The molecule has 2 saturated heterocycles. The summed E-state index contributed by atoms with van der Waals surface area (Å²) >= 11 is 0. The number of halogens is 1. The summed E-state index contributed by atoms with van der Waals surface area (Å²) in [6, 6.07) is 14.0. The van der Waals surface area contributed by atoms with Gasteiger partial charge in [0.15, 0.2) is 0 Å². The predicted molar refractivity (Wildman–Crippen MR) is 131 cm³/mol. The molecule has 0 aromatic heterocycles. The second-order valence-electron chi connectivity index (χ2n) is 10.2. The molecule has 2 fully saturated rings. The van der Waals surface area contributed by atoms with Crippen molar-refractivity contribution in [3.8, 4) is 0 Å². The van der Waals surface area contributed by atoms with E-state index < -0.39 is 23.9 Å². The van der Waals surface area contributed by atoms with Crippen molar-refractivity contribution in [2.45, 2.75) is 70.3 Å². The Kier molecular flexibility index (Phi) is 6.38. The van der Waals surface area contributed by atoms with Gasteiger partial charge in [0.05, 0.1) is 17.2 Å². The third-order valence-corrected chi connectivity index (χ3v) is 7.53. The fourth-order valence-electron chi connectivity index (χ4n) is 4.56. The van der Waals surface area contributed by atoms with Crippen molar-refractivity contribution < 1.29 is 23.2 Å². The molecule has 0 saturated carbocycles. The maximum atomic E-state index is 13.4. The van der Waals surface area contributed by atoms with E-state index >= 15 is 0 Å². The smallest absolute Gasteiger partial charge is 0.437 e. The number of cyclic esters (lactones) is 1. The van der Waals surface area contributed by atoms with Gasteiger partial charge in [0, 0.05) is 19.4 Å². The molecule has 0 N–H and O–H groups in total. The van der Waals surface area contributed by atoms with Crippen molar-refractivity contribution >= 4 is 18.7 Å². The van der Waals surface area contributed by atoms with Gasteiger partial charge in [0.1, 0.15) is 11.4 Å². The average Bonchev–Trinajstić information content (AvgIpc) is 3.01. The van der Waals surface area contributed by atoms with Crippen LogP contribution in [0, 0.1) is 5.82 Å². The van der Waals surface area contributed by atoms with Gasteiger partial charge in [-0.25, -0.2) is 9.18 Å². The minimum Gasteiger partial charge on any atom is -0.437 e. The van der Waals surface area contributed by atoms with Gasteiger partial charge in [-0.3, -0.25) is 0 Å². The minimum absolute atomic E-state index is 0.171. The largest absolute Gasteiger partial charge is 0.494 e. The summed E-state index contributed by atoms with van der Waals surface area (Å²) < 4.78 is 31.7.